The van der Waals surface area contributed by atoms with Gasteiger partial charge in [-0.25, -0.2) is 8.42 Å². The molecule has 1 atom stereocenters. The molecule has 0 unspecified atom stereocenters. The molecule has 1 aliphatic heterocycles. The van der Waals surface area contributed by atoms with Gasteiger partial charge in [0.25, 0.3) is 0 Å². The Morgan fingerprint density at radius 1 is 1.25 bits per heavy atom. The highest BCUT2D eigenvalue weighted by molar-refractivity contribution is 7.99. The number of hydrogen-bond donors (Lipinski definition) is 1. The Hall–Kier alpha value is -2.17. The predicted molar refractivity (Wildman–Crippen MR) is 129 cm³/mol. The number of thiophene rings is 1. The summed E-state index contributed by atoms with van der Waals surface area (Å²) >= 11 is 2.89. The molecule has 1 aromatic carbocycles. The van der Waals surface area contributed by atoms with Gasteiger partial charge in [0, 0.05) is 11.7 Å². The molecule has 170 valence electrons. The number of aromatic nitrogens is 3. The number of thioether (sulfide) groups is 1. The van der Waals surface area contributed by atoms with Gasteiger partial charge in [0.15, 0.2) is 20.8 Å². The highest BCUT2D eigenvalue weighted by Gasteiger charge is 2.29. The maximum atomic E-state index is 12.4. The summed E-state index contributed by atoms with van der Waals surface area (Å²) in [6.45, 7) is 2.18. The second-order valence-corrected chi connectivity index (χ2v) is 12.0. The van der Waals surface area contributed by atoms with E-state index >= 15 is 0 Å². The van der Waals surface area contributed by atoms with Crippen LogP contribution >= 0.6 is 23.1 Å². The number of carbonyl (C=O) groups excluding carboxylic acids is 1. The van der Waals surface area contributed by atoms with E-state index in [9.17, 15) is 13.2 Å². The monoisotopic (exact) mass is 490 g/mol. The van der Waals surface area contributed by atoms with E-state index in [1.54, 1.807) is 11.3 Å². The number of carbonyl (C=O) groups is 1. The summed E-state index contributed by atoms with van der Waals surface area (Å²) in [4.78, 5) is 13.4. The van der Waals surface area contributed by atoms with Crippen LogP contribution in [-0.2, 0) is 21.1 Å². The van der Waals surface area contributed by atoms with Crippen molar-refractivity contribution in [3.63, 3.8) is 0 Å². The van der Waals surface area contributed by atoms with Crippen LogP contribution in [0.4, 0.5) is 0 Å². The zero-order valence-electron chi connectivity index (χ0n) is 17.9. The highest BCUT2D eigenvalue weighted by Crippen LogP contribution is 2.30. The minimum atomic E-state index is -3.03. The van der Waals surface area contributed by atoms with E-state index in [0.717, 1.165) is 35.7 Å². The highest BCUT2D eigenvalue weighted by atomic mass is 32.2. The molecule has 0 radical (unpaired) electrons. The van der Waals surface area contributed by atoms with Gasteiger partial charge in [-0.1, -0.05) is 43.3 Å². The van der Waals surface area contributed by atoms with Gasteiger partial charge >= 0.3 is 0 Å². The second-order valence-electron chi connectivity index (χ2n) is 7.85. The molecule has 0 spiro atoms. The Balaban J connectivity index is 1.51. The van der Waals surface area contributed by atoms with Crippen molar-refractivity contribution in [1.82, 2.24) is 20.1 Å². The Bertz CT molecular complexity index is 1160. The van der Waals surface area contributed by atoms with Crippen molar-refractivity contribution in [3.8, 4) is 16.4 Å². The lowest BCUT2D eigenvalue weighted by atomic mass is 10.1. The molecule has 4 rings (SSSR count). The van der Waals surface area contributed by atoms with Crippen LogP contribution < -0.4 is 5.32 Å². The van der Waals surface area contributed by atoms with Gasteiger partial charge in [0.2, 0.25) is 5.91 Å². The second kappa shape index (κ2) is 10.2. The molecule has 32 heavy (non-hydrogen) atoms. The summed E-state index contributed by atoms with van der Waals surface area (Å²) in [6, 6.07) is 12.1. The number of hydrogen-bond acceptors (Lipinski definition) is 7. The molecule has 0 aliphatic carbocycles. The van der Waals surface area contributed by atoms with Crippen LogP contribution in [0, 0.1) is 0 Å². The first kappa shape index (κ1) is 23.0. The lowest BCUT2D eigenvalue weighted by molar-refractivity contribution is -0.119. The first-order chi connectivity index (χ1) is 15.4. The fourth-order valence-corrected chi connectivity index (χ4v) is 6.80. The topological polar surface area (TPSA) is 94.0 Å². The smallest absolute Gasteiger partial charge is 0.230 e. The summed E-state index contributed by atoms with van der Waals surface area (Å²) < 4.78 is 25.2. The predicted octanol–water partition coefficient (Wildman–Crippen LogP) is 3.73. The van der Waals surface area contributed by atoms with Crippen LogP contribution in [0.15, 0.2) is 46.9 Å². The number of rotatable bonds is 9. The minimum Gasteiger partial charge on any atom is -0.352 e. The van der Waals surface area contributed by atoms with Crippen LogP contribution in [0.5, 0.6) is 0 Å². The van der Waals surface area contributed by atoms with Crippen LogP contribution in [0.3, 0.4) is 0 Å². The molecular weight excluding hydrogens is 464 g/mol. The number of amides is 1. The quantitative estimate of drug-likeness (QED) is 0.459. The molecule has 0 saturated carbocycles. The van der Waals surface area contributed by atoms with Gasteiger partial charge in [0.1, 0.15) is 0 Å². The average Bonchev–Trinajstić information content (AvgIpc) is 3.51. The first-order valence-electron chi connectivity index (χ1n) is 10.7. The van der Waals surface area contributed by atoms with Crippen molar-refractivity contribution >= 4 is 38.8 Å². The maximum Gasteiger partial charge on any atom is 0.230 e. The van der Waals surface area contributed by atoms with E-state index in [0.29, 0.717) is 11.6 Å². The van der Waals surface area contributed by atoms with E-state index in [1.807, 2.05) is 22.1 Å². The number of nitrogens with one attached hydrogen (secondary N) is 1. The SMILES string of the molecule is CCCCc1ccc(-n2c(SCC(=O)N[C@H]3CCS(=O)(=O)C3)nnc2-c2cccs2)cc1. The third-order valence-corrected chi connectivity index (χ3v) is 8.88. The molecule has 10 heteroatoms. The summed E-state index contributed by atoms with van der Waals surface area (Å²) in [5.41, 5.74) is 2.24. The lowest BCUT2D eigenvalue weighted by Gasteiger charge is -2.12. The number of sulfone groups is 1. The van der Waals surface area contributed by atoms with Gasteiger partial charge in [-0.2, -0.15) is 0 Å². The Kier molecular flexibility index (Phi) is 7.32. The fourth-order valence-electron chi connectivity index (χ4n) is 3.66. The molecule has 3 aromatic rings. The summed E-state index contributed by atoms with van der Waals surface area (Å²) in [5.74, 6) is 0.850. The third-order valence-electron chi connectivity index (χ3n) is 5.32. The maximum absolute atomic E-state index is 12.4. The average molecular weight is 491 g/mol. The number of nitrogens with zero attached hydrogens (tertiary/aromatic N) is 3. The van der Waals surface area contributed by atoms with Crippen LogP contribution in [0.1, 0.15) is 31.7 Å². The molecule has 2 aromatic heterocycles. The van der Waals surface area contributed by atoms with E-state index in [2.05, 4.69) is 46.7 Å². The lowest BCUT2D eigenvalue weighted by Crippen LogP contribution is -2.36. The van der Waals surface area contributed by atoms with Crippen molar-refractivity contribution in [3.05, 3.63) is 47.3 Å². The summed E-state index contributed by atoms with van der Waals surface area (Å²) in [5, 5.41) is 14.2. The fraction of sp³-hybridized carbons (Fsp3) is 0.409. The van der Waals surface area contributed by atoms with Crippen molar-refractivity contribution in [2.75, 3.05) is 17.3 Å². The third kappa shape index (κ3) is 5.60. The van der Waals surface area contributed by atoms with Crippen molar-refractivity contribution in [2.45, 2.75) is 43.8 Å². The Morgan fingerprint density at radius 3 is 2.72 bits per heavy atom. The molecule has 7 nitrogen and oxygen atoms in total. The molecule has 1 amide bonds. The largest absolute Gasteiger partial charge is 0.352 e. The molecular formula is C22H26N4O3S3. The zero-order chi connectivity index (χ0) is 22.6. The van der Waals surface area contributed by atoms with Crippen LogP contribution in [0.2, 0.25) is 0 Å². The van der Waals surface area contributed by atoms with Crippen LogP contribution in [0.25, 0.3) is 16.4 Å². The molecule has 3 heterocycles. The summed E-state index contributed by atoms with van der Waals surface area (Å²) in [7, 11) is -3.03. The molecule has 0 bridgehead atoms. The molecule has 1 saturated heterocycles. The van der Waals surface area contributed by atoms with Crippen molar-refractivity contribution < 1.29 is 13.2 Å². The van der Waals surface area contributed by atoms with Gasteiger partial charge in [0.05, 0.1) is 22.1 Å². The van der Waals surface area contributed by atoms with E-state index in [4.69, 9.17) is 0 Å². The van der Waals surface area contributed by atoms with Gasteiger partial charge in [-0.15, -0.1) is 21.5 Å². The normalized spacial score (nSPS) is 17.5. The van der Waals surface area contributed by atoms with Gasteiger partial charge in [-0.3, -0.25) is 9.36 Å². The van der Waals surface area contributed by atoms with Crippen molar-refractivity contribution in [2.24, 2.45) is 0 Å². The van der Waals surface area contributed by atoms with E-state index in [-0.39, 0.29) is 29.2 Å². The van der Waals surface area contributed by atoms with Gasteiger partial charge in [-0.05, 0) is 48.4 Å². The van der Waals surface area contributed by atoms with Gasteiger partial charge < -0.3 is 5.32 Å². The molecule has 1 N–H and O–H groups in total. The number of unbranched alkanes of at least 4 members (excludes halogenated alkanes) is 1. The minimum absolute atomic E-state index is 0.0203. The standard InChI is InChI=1S/C22H26N4O3S3/c1-2-3-5-16-7-9-18(10-8-16)26-21(19-6-4-12-30-19)24-25-22(26)31-14-20(27)23-17-11-13-32(28,29)15-17/h4,6-10,12,17H,2-3,5,11,13-15H2,1H3,(H,23,27)/t17-/m0/s1. The molecule has 1 fully saturated rings. The molecule has 1 aliphatic rings. The van der Waals surface area contributed by atoms with Crippen molar-refractivity contribution in [1.29, 1.82) is 0 Å². The van der Waals surface area contributed by atoms with E-state index < -0.39 is 9.84 Å². The van der Waals surface area contributed by atoms with E-state index in [1.165, 1.54) is 17.3 Å². The van der Waals surface area contributed by atoms with Crippen LogP contribution in [-0.4, -0.2) is 52.4 Å². The zero-order valence-corrected chi connectivity index (χ0v) is 20.3. The Morgan fingerprint density at radius 2 is 2.06 bits per heavy atom. The number of aryl methyl sites for hydroxylation is 1. The Labute approximate surface area is 196 Å². The first-order valence-corrected chi connectivity index (χ1v) is 14.3. The number of benzene rings is 1. The summed E-state index contributed by atoms with van der Waals surface area (Å²) in [6.07, 6.45) is 3.84.